The summed E-state index contributed by atoms with van der Waals surface area (Å²) in [5.74, 6) is 3.09. The van der Waals surface area contributed by atoms with Gasteiger partial charge in [-0.1, -0.05) is 6.92 Å². The molecule has 2 heterocycles. The Hall–Kier alpha value is -2.93. The van der Waals surface area contributed by atoms with Crippen molar-refractivity contribution in [2.45, 2.75) is 34.1 Å². The molecule has 1 amide bonds. The highest BCUT2D eigenvalue weighted by Crippen LogP contribution is 2.50. The summed E-state index contributed by atoms with van der Waals surface area (Å²) in [5, 5.41) is 0. The molecule has 1 atom stereocenters. The number of carbonyl (C=O) groups is 1. The molecule has 1 saturated heterocycles. The third-order valence-electron chi connectivity index (χ3n) is 7.29. The van der Waals surface area contributed by atoms with Crippen LogP contribution in [0.1, 0.15) is 44.5 Å². The molecule has 0 spiro atoms. The van der Waals surface area contributed by atoms with E-state index in [1.807, 2.05) is 18.7 Å². The summed E-state index contributed by atoms with van der Waals surface area (Å²) in [4.78, 5) is 17.4. The van der Waals surface area contributed by atoms with Crippen molar-refractivity contribution in [3.05, 3.63) is 57.7 Å². The quantitative estimate of drug-likeness (QED) is 0.733. The van der Waals surface area contributed by atoms with E-state index in [1.54, 1.807) is 32.4 Å². The lowest BCUT2D eigenvalue weighted by atomic mass is 9.85. The second-order valence-electron chi connectivity index (χ2n) is 9.48. The fourth-order valence-corrected chi connectivity index (χ4v) is 5.21. The van der Waals surface area contributed by atoms with Gasteiger partial charge >= 0.3 is 0 Å². The van der Waals surface area contributed by atoms with E-state index in [0.717, 1.165) is 48.8 Å². The van der Waals surface area contributed by atoms with E-state index < -0.39 is 0 Å². The van der Waals surface area contributed by atoms with Crippen LogP contribution in [0.4, 0.5) is 0 Å². The third kappa shape index (κ3) is 4.10. The largest absolute Gasteiger partial charge is 0.493 e. The summed E-state index contributed by atoms with van der Waals surface area (Å²) in [6.07, 6.45) is 0.884. The van der Waals surface area contributed by atoms with Gasteiger partial charge in [-0.05, 0) is 51.0 Å². The number of hydrogen-bond acceptors (Lipinski definition) is 6. The summed E-state index contributed by atoms with van der Waals surface area (Å²) in [6.45, 7) is 12.2. The molecule has 0 saturated carbocycles. The summed E-state index contributed by atoms with van der Waals surface area (Å²) >= 11 is 0. The van der Waals surface area contributed by atoms with Crippen molar-refractivity contribution >= 4 is 5.91 Å². The number of nitrogens with two attached hydrogens (primary N) is 1. The Morgan fingerprint density at radius 3 is 2.36 bits per heavy atom. The Kier molecular flexibility index (Phi) is 6.18. The molecule has 7 nitrogen and oxygen atoms in total. The molecule has 3 aliphatic rings. The molecule has 1 aromatic carbocycles. The highest BCUT2D eigenvalue weighted by molar-refractivity contribution is 5.95. The summed E-state index contributed by atoms with van der Waals surface area (Å²) in [7, 11) is 3.17. The zero-order valence-corrected chi connectivity index (χ0v) is 20.6. The van der Waals surface area contributed by atoms with Gasteiger partial charge in [-0.25, -0.2) is 0 Å². The minimum atomic E-state index is -0.142. The number of carbonyl (C=O) groups excluding carboxylic acids is 1. The van der Waals surface area contributed by atoms with Crippen LogP contribution in [-0.2, 0) is 4.74 Å². The maximum Gasteiger partial charge on any atom is 0.254 e. The molecule has 7 heteroatoms. The Morgan fingerprint density at radius 1 is 1.06 bits per heavy atom. The van der Waals surface area contributed by atoms with Gasteiger partial charge in [0.05, 0.1) is 14.2 Å². The molecular formula is C26H35N3O4. The molecular weight excluding hydrogens is 418 g/mol. The zero-order chi connectivity index (χ0) is 23.9. The van der Waals surface area contributed by atoms with Crippen molar-refractivity contribution in [3.63, 3.8) is 0 Å². The summed E-state index contributed by atoms with van der Waals surface area (Å²) in [6, 6.07) is 5.31. The van der Waals surface area contributed by atoms with Crippen molar-refractivity contribution in [2.75, 3.05) is 46.9 Å². The standard InChI is InChI=1S/C26H35N3O4/c1-16-17(2)33-18(3)20-14-26(4,24(27)23(16)20)15-28-9-11-29(12-10-28)25(30)19-7-8-21(31-5)22(13-19)32-6/h7-8,13H,9-12,14-15,27H2,1-6H3. The lowest BCUT2D eigenvalue weighted by Crippen LogP contribution is -2.51. The van der Waals surface area contributed by atoms with Gasteiger partial charge in [0, 0.05) is 60.5 Å². The number of methoxy groups -OCH3 is 2. The Bertz CT molecular complexity index is 1060. The number of fused-ring (bicyclic) bond motifs is 1. The normalized spacial score (nSPS) is 23.6. The molecule has 1 fully saturated rings. The first-order valence-corrected chi connectivity index (χ1v) is 11.5. The third-order valence-corrected chi connectivity index (χ3v) is 7.29. The van der Waals surface area contributed by atoms with Crippen LogP contribution >= 0.6 is 0 Å². The van der Waals surface area contributed by atoms with E-state index in [9.17, 15) is 4.79 Å². The molecule has 1 aliphatic carbocycles. The zero-order valence-electron chi connectivity index (χ0n) is 20.6. The van der Waals surface area contributed by atoms with Gasteiger partial charge in [-0.3, -0.25) is 9.69 Å². The Morgan fingerprint density at radius 2 is 1.73 bits per heavy atom. The number of allylic oxidation sites excluding steroid dienone is 5. The van der Waals surface area contributed by atoms with Crippen LogP contribution in [0.15, 0.2) is 52.1 Å². The highest BCUT2D eigenvalue weighted by Gasteiger charge is 2.43. The van der Waals surface area contributed by atoms with Crippen molar-refractivity contribution in [1.82, 2.24) is 9.80 Å². The molecule has 4 rings (SSSR count). The average Bonchev–Trinajstić information content (AvgIpc) is 3.08. The number of rotatable bonds is 5. The van der Waals surface area contributed by atoms with Crippen LogP contribution in [0.3, 0.4) is 0 Å². The van der Waals surface area contributed by atoms with Gasteiger partial charge in [-0.2, -0.15) is 0 Å². The van der Waals surface area contributed by atoms with Crippen molar-refractivity contribution < 1.29 is 19.0 Å². The summed E-state index contributed by atoms with van der Waals surface area (Å²) < 4.78 is 16.6. The van der Waals surface area contributed by atoms with Crippen LogP contribution in [0.5, 0.6) is 11.5 Å². The molecule has 0 bridgehead atoms. The second-order valence-corrected chi connectivity index (χ2v) is 9.48. The van der Waals surface area contributed by atoms with E-state index in [-0.39, 0.29) is 11.3 Å². The van der Waals surface area contributed by atoms with Crippen LogP contribution in [0.25, 0.3) is 0 Å². The van der Waals surface area contributed by atoms with Crippen molar-refractivity contribution in [3.8, 4) is 11.5 Å². The first-order chi connectivity index (χ1) is 15.7. The molecule has 33 heavy (non-hydrogen) atoms. The number of hydrogen-bond donors (Lipinski definition) is 1. The lowest BCUT2D eigenvalue weighted by molar-refractivity contribution is 0.0592. The SMILES string of the molecule is COc1ccc(C(=O)N2CCN(CC3(C)CC4=C(C)OC(C)=C(C)C4=C3N)CC2)cc1OC. The highest BCUT2D eigenvalue weighted by atomic mass is 16.5. The van der Waals surface area contributed by atoms with Gasteiger partial charge in [0.1, 0.15) is 11.5 Å². The maximum atomic E-state index is 13.1. The van der Waals surface area contributed by atoms with Crippen molar-refractivity contribution in [1.29, 1.82) is 0 Å². The first kappa shape index (κ1) is 23.2. The molecule has 0 radical (unpaired) electrons. The second kappa shape index (κ2) is 8.78. The smallest absolute Gasteiger partial charge is 0.254 e. The fourth-order valence-electron chi connectivity index (χ4n) is 5.21. The monoisotopic (exact) mass is 453 g/mol. The van der Waals surface area contributed by atoms with E-state index in [1.165, 1.54) is 11.1 Å². The van der Waals surface area contributed by atoms with Gasteiger partial charge in [0.25, 0.3) is 5.91 Å². The van der Waals surface area contributed by atoms with Crippen LogP contribution in [0, 0.1) is 5.41 Å². The molecule has 2 N–H and O–H groups in total. The van der Waals surface area contributed by atoms with Crippen LogP contribution in [-0.4, -0.2) is 62.7 Å². The first-order valence-electron chi connectivity index (χ1n) is 11.5. The number of ether oxygens (including phenoxy) is 3. The van der Waals surface area contributed by atoms with E-state index >= 15 is 0 Å². The van der Waals surface area contributed by atoms with E-state index in [4.69, 9.17) is 19.9 Å². The van der Waals surface area contributed by atoms with Gasteiger partial charge in [0.2, 0.25) is 0 Å². The topological polar surface area (TPSA) is 77.3 Å². The van der Waals surface area contributed by atoms with Crippen molar-refractivity contribution in [2.24, 2.45) is 11.1 Å². The predicted molar refractivity (Wildman–Crippen MR) is 128 cm³/mol. The van der Waals surface area contributed by atoms with Gasteiger partial charge in [0.15, 0.2) is 11.5 Å². The van der Waals surface area contributed by atoms with Gasteiger partial charge < -0.3 is 24.8 Å². The fraction of sp³-hybridized carbons (Fsp3) is 0.500. The number of benzene rings is 1. The molecule has 0 aromatic heterocycles. The van der Waals surface area contributed by atoms with Crippen LogP contribution in [0.2, 0.25) is 0 Å². The van der Waals surface area contributed by atoms with Crippen LogP contribution < -0.4 is 15.2 Å². The molecule has 2 aliphatic heterocycles. The minimum absolute atomic E-state index is 0.0181. The number of nitrogens with zero attached hydrogens (tertiary/aromatic N) is 2. The number of amides is 1. The average molecular weight is 454 g/mol. The number of piperazine rings is 1. The van der Waals surface area contributed by atoms with E-state index in [2.05, 4.69) is 18.7 Å². The minimum Gasteiger partial charge on any atom is -0.493 e. The van der Waals surface area contributed by atoms with E-state index in [0.29, 0.717) is 30.2 Å². The lowest BCUT2D eigenvalue weighted by Gasteiger charge is -2.39. The summed E-state index contributed by atoms with van der Waals surface area (Å²) in [5.41, 5.74) is 11.7. The molecule has 178 valence electrons. The molecule has 1 unspecified atom stereocenters. The Labute approximate surface area is 196 Å². The molecule has 1 aromatic rings. The predicted octanol–water partition coefficient (Wildman–Crippen LogP) is 3.68. The maximum absolute atomic E-state index is 13.1. The van der Waals surface area contributed by atoms with Gasteiger partial charge in [-0.15, -0.1) is 0 Å². The Balaban J connectivity index is 1.43.